The van der Waals surface area contributed by atoms with E-state index in [-0.39, 0.29) is 24.0 Å². The molecule has 2 aromatic carbocycles. The summed E-state index contributed by atoms with van der Waals surface area (Å²) in [5, 5.41) is 0. The molecule has 0 spiro atoms. The molecule has 0 aliphatic rings. The molecule has 0 heterocycles. The van der Waals surface area contributed by atoms with E-state index in [0.29, 0.717) is 0 Å². The zero-order chi connectivity index (χ0) is 15.0. The van der Waals surface area contributed by atoms with Gasteiger partial charge in [0.25, 0.3) is 0 Å². The van der Waals surface area contributed by atoms with Gasteiger partial charge in [-0.3, -0.25) is 0 Å². The summed E-state index contributed by atoms with van der Waals surface area (Å²) >= 11 is 0. The Morgan fingerprint density at radius 2 is 1.05 bits per heavy atom. The molecule has 1 nitrogen and oxygen atoms in total. The van der Waals surface area contributed by atoms with Gasteiger partial charge in [0.05, 0.1) is 13.1 Å². The molecule has 0 fully saturated rings. The number of benzene rings is 2. The molecule has 0 aliphatic carbocycles. The fourth-order valence-electron chi connectivity index (χ4n) is 2.88. The van der Waals surface area contributed by atoms with Crippen molar-refractivity contribution in [2.75, 3.05) is 13.1 Å². The third-order valence-electron chi connectivity index (χ3n) is 3.75. The molecule has 0 bridgehead atoms. The number of hydrogen-bond donors (Lipinski definition) is 0. The normalized spacial score (nSPS) is 10.5. The van der Waals surface area contributed by atoms with E-state index in [9.17, 15) is 0 Å². The van der Waals surface area contributed by atoms with Gasteiger partial charge in [-0.1, -0.05) is 73.8 Å². The molecule has 0 N–H and O–H groups in total. The fourth-order valence-corrected chi connectivity index (χ4v) is 2.88. The van der Waals surface area contributed by atoms with Crippen LogP contribution in [0.1, 0.15) is 11.1 Å². The predicted octanol–water partition coefficient (Wildman–Crippen LogP) is 1.58. The first-order valence-corrected chi connectivity index (χ1v) is 7.43. The maximum atomic E-state index is 3.96. The van der Waals surface area contributed by atoms with Crippen LogP contribution in [0, 0.1) is 0 Å². The molecule has 2 rings (SSSR count). The SMILES string of the molecule is C=CC[N+](CC=C)(Cc1ccccc1)Cc1ccccc1.[I-]. The van der Waals surface area contributed by atoms with Crippen LogP contribution in [0.5, 0.6) is 0 Å². The number of hydrogen-bond acceptors (Lipinski definition) is 0. The molecule has 116 valence electrons. The van der Waals surface area contributed by atoms with E-state index in [1.165, 1.54) is 11.1 Å². The average molecular weight is 405 g/mol. The van der Waals surface area contributed by atoms with Crippen molar-refractivity contribution < 1.29 is 28.5 Å². The van der Waals surface area contributed by atoms with E-state index in [2.05, 4.69) is 73.8 Å². The minimum atomic E-state index is 0. The monoisotopic (exact) mass is 405 g/mol. The molecule has 0 saturated carbocycles. The van der Waals surface area contributed by atoms with Crippen LogP contribution in [-0.4, -0.2) is 17.6 Å². The van der Waals surface area contributed by atoms with Crippen molar-refractivity contribution >= 4 is 0 Å². The van der Waals surface area contributed by atoms with Gasteiger partial charge in [-0.15, -0.1) is 0 Å². The van der Waals surface area contributed by atoms with Crippen molar-refractivity contribution in [3.63, 3.8) is 0 Å². The van der Waals surface area contributed by atoms with Crippen molar-refractivity contribution in [2.24, 2.45) is 0 Å². The van der Waals surface area contributed by atoms with E-state index >= 15 is 0 Å². The molecular weight excluding hydrogens is 381 g/mol. The van der Waals surface area contributed by atoms with E-state index in [1.807, 2.05) is 12.2 Å². The van der Waals surface area contributed by atoms with Gasteiger partial charge in [0, 0.05) is 11.1 Å². The summed E-state index contributed by atoms with van der Waals surface area (Å²) in [5.74, 6) is 0. The van der Waals surface area contributed by atoms with E-state index in [1.54, 1.807) is 0 Å². The third kappa shape index (κ3) is 5.43. The highest BCUT2D eigenvalue weighted by atomic mass is 127. The first kappa shape index (κ1) is 18.7. The zero-order valence-electron chi connectivity index (χ0n) is 13.0. The highest BCUT2D eigenvalue weighted by Crippen LogP contribution is 2.20. The van der Waals surface area contributed by atoms with Gasteiger partial charge in [-0.05, 0) is 12.2 Å². The van der Waals surface area contributed by atoms with Crippen molar-refractivity contribution in [1.82, 2.24) is 0 Å². The maximum Gasteiger partial charge on any atom is 0.105 e. The Morgan fingerprint density at radius 1 is 0.682 bits per heavy atom. The molecular formula is C20H24IN. The van der Waals surface area contributed by atoms with Gasteiger partial charge in [-0.2, -0.15) is 0 Å². The summed E-state index contributed by atoms with van der Waals surface area (Å²) in [7, 11) is 0. The first-order valence-electron chi connectivity index (χ1n) is 7.43. The Kier molecular flexibility index (Phi) is 8.13. The topological polar surface area (TPSA) is 0 Å². The number of nitrogens with zero attached hydrogens (tertiary/aromatic N) is 1. The van der Waals surface area contributed by atoms with Crippen LogP contribution >= 0.6 is 0 Å². The lowest BCUT2D eigenvalue weighted by Gasteiger charge is -2.37. The van der Waals surface area contributed by atoms with Gasteiger partial charge in [0.15, 0.2) is 0 Å². The molecule has 0 amide bonds. The maximum absolute atomic E-state index is 3.96. The highest BCUT2D eigenvalue weighted by Gasteiger charge is 2.25. The lowest BCUT2D eigenvalue weighted by Crippen LogP contribution is -3.00. The van der Waals surface area contributed by atoms with Crippen molar-refractivity contribution in [3.8, 4) is 0 Å². The van der Waals surface area contributed by atoms with Gasteiger partial charge >= 0.3 is 0 Å². The Morgan fingerprint density at radius 3 is 1.36 bits per heavy atom. The largest absolute Gasteiger partial charge is 1.00 e. The lowest BCUT2D eigenvalue weighted by molar-refractivity contribution is -0.943. The number of quaternary nitrogens is 1. The smallest absolute Gasteiger partial charge is 0.105 e. The van der Waals surface area contributed by atoms with Gasteiger partial charge in [0.2, 0.25) is 0 Å². The van der Waals surface area contributed by atoms with Crippen molar-refractivity contribution in [1.29, 1.82) is 0 Å². The van der Waals surface area contributed by atoms with Crippen molar-refractivity contribution in [3.05, 3.63) is 97.1 Å². The quantitative estimate of drug-likeness (QED) is 0.356. The fraction of sp³-hybridized carbons (Fsp3) is 0.200. The van der Waals surface area contributed by atoms with Crippen LogP contribution in [0.4, 0.5) is 0 Å². The predicted molar refractivity (Wildman–Crippen MR) is 90.7 cm³/mol. The summed E-state index contributed by atoms with van der Waals surface area (Å²) < 4.78 is 0.932. The van der Waals surface area contributed by atoms with Crippen LogP contribution in [0.2, 0.25) is 0 Å². The molecule has 2 heteroatoms. The molecule has 0 radical (unpaired) electrons. The van der Waals surface area contributed by atoms with Crippen LogP contribution < -0.4 is 24.0 Å². The van der Waals surface area contributed by atoms with E-state index in [0.717, 1.165) is 30.7 Å². The standard InChI is InChI=1S/C20H24N.HI/c1-3-15-21(16-4-2,17-19-11-7-5-8-12-19)18-20-13-9-6-10-14-20;/h3-14H,1-2,15-18H2;1H/q+1;/p-1. The minimum Gasteiger partial charge on any atom is -1.00 e. The molecule has 2 aromatic rings. The van der Waals surface area contributed by atoms with Crippen LogP contribution in [-0.2, 0) is 13.1 Å². The van der Waals surface area contributed by atoms with Gasteiger partial charge in [0.1, 0.15) is 13.1 Å². The Bertz CT molecular complexity index is 509. The summed E-state index contributed by atoms with van der Waals surface area (Å²) in [5.41, 5.74) is 2.72. The second kappa shape index (κ2) is 9.59. The molecule has 0 saturated heterocycles. The Labute approximate surface area is 151 Å². The van der Waals surface area contributed by atoms with E-state index < -0.39 is 0 Å². The van der Waals surface area contributed by atoms with Crippen LogP contribution in [0.15, 0.2) is 86.0 Å². The van der Waals surface area contributed by atoms with Crippen LogP contribution in [0.3, 0.4) is 0 Å². The number of rotatable bonds is 8. The second-order valence-electron chi connectivity index (χ2n) is 5.57. The highest BCUT2D eigenvalue weighted by molar-refractivity contribution is 5.15. The lowest BCUT2D eigenvalue weighted by atomic mass is 10.1. The van der Waals surface area contributed by atoms with Crippen molar-refractivity contribution in [2.45, 2.75) is 13.1 Å². The Balaban J connectivity index is 0.00000242. The summed E-state index contributed by atoms with van der Waals surface area (Å²) in [4.78, 5) is 0. The zero-order valence-corrected chi connectivity index (χ0v) is 15.2. The summed E-state index contributed by atoms with van der Waals surface area (Å²) in [6.45, 7) is 11.8. The third-order valence-corrected chi connectivity index (χ3v) is 3.75. The summed E-state index contributed by atoms with van der Waals surface area (Å²) in [6.07, 6.45) is 4.05. The molecule has 22 heavy (non-hydrogen) atoms. The number of halogens is 1. The average Bonchev–Trinajstić information content (AvgIpc) is 2.50. The first-order chi connectivity index (χ1) is 10.3. The minimum absolute atomic E-state index is 0. The van der Waals surface area contributed by atoms with E-state index in [4.69, 9.17) is 0 Å². The molecule has 0 unspecified atom stereocenters. The van der Waals surface area contributed by atoms with Gasteiger partial charge < -0.3 is 28.5 Å². The molecule has 0 atom stereocenters. The summed E-state index contributed by atoms with van der Waals surface area (Å²) in [6, 6.07) is 21.3. The van der Waals surface area contributed by atoms with Crippen LogP contribution in [0.25, 0.3) is 0 Å². The molecule has 0 aliphatic heterocycles. The Hall–Kier alpha value is -1.39. The molecule has 0 aromatic heterocycles. The van der Waals surface area contributed by atoms with Gasteiger partial charge in [-0.25, -0.2) is 0 Å². The second-order valence-corrected chi connectivity index (χ2v) is 5.57.